The molecule has 2 heteroatoms. The summed E-state index contributed by atoms with van der Waals surface area (Å²) in [5.74, 6) is 0.731. The molecule has 0 amide bonds. The summed E-state index contributed by atoms with van der Waals surface area (Å²) in [5.41, 5.74) is 0. The normalized spacial score (nSPS) is 11.2. The minimum Gasteiger partial charge on any atom is -0.303 e. The third kappa shape index (κ3) is 3.28. The lowest BCUT2D eigenvalue weighted by Crippen LogP contribution is -2.27. The molecule has 0 unspecified atom stereocenters. The zero-order valence-electron chi connectivity index (χ0n) is 5.82. The van der Waals surface area contributed by atoms with E-state index in [0.29, 0.717) is 6.04 Å². The first-order valence-electron chi connectivity index (χ1n) is 2.94. The van der Waals surface area contributed by atoms with Gasteiger partial charge < -0.3 is 4.90 Å². The Labute approximate surface area is 56.6 Å². The summed E-state index contributed by atoms with van der Waals surface area (Å²) in [5, 5.41) is 0. The molecule has 0 fully saturated rings. The SMILES string of the molecule is CC(C)N(C)CCCl. The molecule has 0 aromatic rings. The minimum absolute atomic E-state index is 0.619. The molecule has 50 valence electrons. The lowest BCUT2D eigenvalue weighted by molar-refractivity contribution is 0.290. The average molecular weight is 136 g/mol. The molecule has 0 radical (unpaired) electrons. The molecule has 0 heterocycles. The number of hydrogen-bond donors (Lipinski definition) is 0. The molecule has 8 heavy (non-hydrogen) atoms. The molecule has 0 aliphatic carbocycles. The van der Waals surface area contributed by atoms with Crippen LogP contribution in [0.4, 0.5) is 0 Å². The van der Waals surface area contributed by atoms with Crippen LogP contribution in [0.15, 0.2) is 0 Å². The van der Waals surface area contributed by atoms with Crippen molar-refractivity contribution >= 4 is 11.6 Å². The maximum absolute atomic E-state index is 5.50. The van der Waals surface area contributed by atoms with Gasteiger partial charge in [-0.25, -0.2) is 0 Å². The number of rotatable bonds is 3. The van der Waals surface area contributed by atoms with Crippen LogP contribution in [0, 0.1) is 0 Å². The van der Waals surface area contributed by atoms with Gasteiger partial charge in [-0.15, -0.1) is 11.6 Å². The van der Waals surface area contributed by atoms with E-state index < -0.39 is 0 Å². The Morgan fingerprint density at radius 3 is 2.12 bits per heavy atom. The molecule has 0 rings (SSSR count). The largest absolute Gasteiger partial charge is 0.303 e. The molecular weight excluding hydrogens is 122 g/mol. The summed E-state index contributed by atoms with van der Waals surface area (Å²) < 4.78 is 0. The monoisotopic (exact) mass is 135 g/mol. The van der Waals surface area contributed by atoms with Crippen molar-refractivity contribution < 1.29 is 0 Å². The highest BCUT2D eigenvalue weighted by Crippen LogP contribution is 1.92. The number of halogens is 1. The highest BCUT2D eigenvalue weighted by molar-refractivity contribution is 6.18. The fourth-order valence-electron chi connectivity index (χ4n) is 0.392. The highest BCUT2D eigenvalue weighted by Gasteiger charge is 1.99. The van der Waals surface area contributed by atoms with Crippen LogP contribution in [0.1, 0.15) is 13.8 Å². The molecule has 1 nitrogen and oxygen atoms in total. The number of hydrogen-bond acceptors (Lipinski definition) is 1. The first kappa shape index (κ1) is 8.25. The van der Waals surface area contributed by atoms with Crippen molar-refractivity contribution in [1.82, 2.24) is 4.90 Å². The van der Waals surface area contributed by atoms with Crippen LogP contribution in [-0.4, -0.2) is 30.4 Å². The second-order valence-corrected chi connectivity index (χ2v) is 2.64. The van der Waals surface area contributed by atoms with Crippen LogP contribution in [0.2, 0.25) is 0 Å². The van der Waals surface area contributed by atoms with Crippen molar-refractivity contribution in [2.45, 2.75) is 19.9 Å². The Bertz CT molecular complexity index is 54.5. The fourth-order valence-corrected chi connectivity index (χ4v) is 0.658. The maximum Gasteiger partial charge on any atom is 0.0351 e. The Hall–Kier alpha value is 0.250. The van der Waals surface area contributed by atoms with E-state index in [9.17, 15) is 0 Å². The summed E-state index contributed by atoms with van der Waals surface area (Å²) in [6.45, 7) is 5.30. The van der Waals surface area contributed by atoms with Gasteiger partial charge in [0.2, 0.25) is 0 Å². The van der Waals surface area contributed by atoms with Gasteiger partial charge in [-0.2, -0.15) is 0 Å². The molecule has 0 saturated carbocycles. The van der Waals surface area contributed by atoms with E-state index in [0.717, 1.165) is 12.4 Å². The predicted molar refractivity (Wildman–Crippen MR) is 38.5 cm³/mol. The molecule has 0 aliphatic rings. The summed E-state index contributed by atoms with van der Waals surface area (Å²) in [7, 11) is 2.08. The van der Waals surface area contributed by atoms with Gasteiger partial charge in [0, 0.05) is 18.5 Å². The Balaban J connectivity index is 3.17. The molecular formula is C6H14ClN. The third-order valence-corrected chi connectivity index (χ3v) is 1.49. The van der Waals surface area contributed by atoms with E-state index in [-0.39, 0.29) is 0 Å². The Morgan fingerprint density at radius 2 is 2.00 bits per heavy atom. The van der Waals surface area contributed by atoms with Gasteiger partial charge >= 0.3 is 0 Å². The predicted octanol–water partition coefficient (Wildman–Crippen LogP) is 1.57. The van der Waals surface area contributed by atoms with Crippen LogP contribution in [0.25, 0.3) is 0 Å². The van der Waals surface area contributed by atoms with E-state index in [1.54, 1.807) is 0 Å². The molecule has 0 bridgehead atoms. The van der Waals surface area contributed by atoms with E-state index in [2.05, 4.69) is 25.8 Å². The summed E-state index contributed by atoms with van der Waals surface area (Å²) >= 11 is 5.50. The quantitative estimate of drug-likeness (QED) is 0.531. The van der Waals surface area contributed by atoms with Crippen molar-refractivity contribution in [2.24, 2.45) is 0 Å². The summed E-state index contributed by atoms with van der Waals surface area (Å²) in [6.07, 6.45) is 0. The Kier molecular flexibility index (Phi) is 4.29. The van der Waals surface area contributed by atoms with Crippen LogP contribution in [0.5, 0.6) is 0 Å². The van der Waals surface area contributed by atoms with Crippen LogP contribution in [0.3, 0.4) is 0 Å². The van der Waals surface area contributed by atoms with Crippen LogP contribution >= 0.6 is 11.6 Å². The fraction of sp³-hybridized carbons (Fsp3) is 1.00. The first-order chi connectivity index (χ1) is 3.68. The number of alkyl halides is 1. The highest BCUT2D eigenvalue weighted by atomic mass is 35.5. The average Bonchev–Trinajstić information content (AvgIpc) is 1.67. The zero-order chi connectivity index (χ0) is 6.57. The Morgan fingerprint density at radius 1 is 1.50 bits per heavy atom. The van der Waals surface area contributed by atoms with Crippen molar-refractivity contribution in [3.8, 4) is 0 Å². The third-order valence-electron chi connectivity index (χ3n) is 1.32. The van der Waals surface area contributed by atoms with Crippen molar-refractivity contribution in [3.05, 3.63) is 0 Å². The molecule has 0 atom stereocenters. The van der Waals surface area contributed by atoms with E-state index in [1.807, 2.05) is 0 Å². The topological polar surface area (TPSA) is 3.24 Å². The van der Waals surface area contributed by atoms with Gasteiger partial charge in [0.15, 0.2) is 0 Å². The lowest BCUT2D eigenvalue weighted by atomic mass is 10.3. The minimum atomic E-state index is 0.619. The van der Waals surface area contributed by atoms with Gasteiger partial charge in [-0.05, 0) is 20.9 Å². The van der Waals surface area contributed by atoms with Crippen molar-refractivity contribution in [3.63, 3.8) is 0 Å². The van der Waals surface area contributed by atoms with Gasteiger partial charge in [-0.3, -0.25) is 0 Å². The van der Waals surface area contributed by atoms with Crippen molar-refractivity contribution in [1.29, 1.82) is 0 Å². The second-order valence-electron chi connectivity index (χ2n) is 2.26. The molecule has 0 saturated heterocycles. The van der Waals surface area contributed by atoms with E-state index in [4.69, 9.17) is 11.6 Å². The summed E-state index contributed by atoms with van der Waals surface area (Å²) in [4.78, 5) is 2.22. The lowest BCUT2D eigenvalue weighted by Gasteiger charge is -2.18. The van der Waals surface area contributed by atoms with Gasteiger partial charge in [0.25, 0.3) is 0 Å². The van der Waals surface area contributed by atoms with Crippen LogP contribution in [-0.2, 0) is 0 Å². The molecule has 0 aliphatic heterocycles. The van der Waals surface area contributed by atoms with Crippen molar-refractivity contribution in [2.75, 3.05) is 19.5 Å². The molecule has 0 N–H and O–H groups in total. The maximum atomic E-state index is 5.50. The van der Waals surface area contributed by atoms with Gasteiger partial charge in [0.05, 0.1) is 0 Å². The van der Waals surface area contributed by atoms with E-state index in [1.165, 1.54) is 0 Å². The molecule has 0 aromatic heterocycles. The zero-order valence-corrected chi connectivity index (χ0v) is 6.57. The molecule has 0 aromatic carbocycles. The number of nitrogens with zero attached hydrogens (tertiary/aromatic N) is 1. The standard InChI is InChI=1S/C6H14ClN/c1-6(2)8(3)5-4-7/h6H,4-5H2,1-3H3. The summed E-state index contributed by atoms with van der Waals surface area (Å²) in [6, 6.07) is 0.619. The first-order valence-corrected chi connectivity index (χ1v) is 3.48. The van der Waals surface area contributed by atoms with Crippen LogP contribution < -0.4 is 0 Å². The van der Waals surface area contributed by atoms with Gasteiger partial charge in [-0.1, -0.05) is 0 Å². The van der Waals surface area contributed by atoms with E-state index >= 15 is 0 Å². The second kappa shape index (κ2) is 4.16. The smallest absolute Gasteiger partial charge is 0.0351 e. The van der Waals surface area contributed by atoms with Gasteiger partial charge in [0.1, 0.15) is 0 Å². The molecule has 0 spiro atoms.